The topological polar surface area (TPSA) is 58.8 Å². The lowest BCUT2D eigenvalue weighted by atomic mass is 10.1. The van der Waals surface area contributed by atoms with Gasteiger partial charge in [0.05, 0.1) is 24.0 Å². The van der Waals surface area contributed by atoms with Crippen LogP contribution in [0.2, 0.25) is 0 Å². The molecule has 20 heavy (non-hydrogen) atoms. The van der Waals surface area contributed by atoms with Gasteiger partial charge in [-0.3, -0.25) is 0 Å². The fraction of sp³-hybridized carbons (Fsp3) is 0.533. The van der Waals surface area contributed by atoms with Gasteiger partial charge in [0.15, 0.2) is 0 Å². The molecule has 0 spiro atoms. The molecular weight excluding hydrogens is 254 g/mol. The average Bonchev–Trinajstić information content (AvgIpc) is 2.82. The predicted molar refractivity (Wildman–Crippen MR) is 81.1 cm³/mol. The van der Waals surface area contributed by atoms with Crippen LogP contribution in [-0.2, 0) is 4.74 Å². The maximum Gasteiger partial charge on any atom is 0.337 e. The van der Waals surface area contributed by atoms with E-state index in [0.29, 0.717) is 17.2 Å². The quantitative estimate of drug-likeness (QED) is 0.666. The molecule has 1 heterocycles. The molecule has 1 saturated heterocycles. The number of hydrogen-bond donors (Lipinski definition) is 1. The first-order valence-corrected chi connectivity index (χ1v) is 6.88. The van der Waals surface area contributed by atoms with Crippen molar-refractivity contribution >= 4 is 17.3 Å². The molecule has 0 radical (unpaired) electrons. The zero-order valence-corrected chi connectivity index (χ0v) is 12.4. The Kier molecular flexibility index (Phi) is 4.49. The van der Waals surface area contributed by atoms with E-state index in [-0.39, 0.29) is 5.97 Å². The smallest absolute Gasteiger partial charge is 0.337 e. The van der Waals surface area contributed by atoms with Gasteiger partial charge in [-0.2, -0.15) is 0 Å². The first-order valence-electron chi connectivity index (χ1n) is 6.88. The molecule has 5 nitrogen and oxygen atoms in total. The van der Waals surface area contributed by atoms with E-state index in [4.69, 9.17) is 10.5 Å². The lowest BCUT2D eigenvalue weighted by Gasteiger charge is -2.24. The Morgan fingerprint density at radius 1 is 1.55 bits per heavy atom. The van der Waals surface area contributed by atoms with Crippen molar-refractivity contribution < 1.29 is 9.53 Å². The van der Waals surface area contributed by atoms with Crippen molar-refractivity contribution in [1.29, 1.82) is 0 Å². The molecule has 1 aliphatic heterocycles. The standard InChI is InChI=1S/C15H23N3O2/c1-17-7-6-11(9-17)10-18(2)14-5-4-12(8-13(14)16)15(19)20-3/h4-5,8,11H,6-7,9-10,16H2,1-3H3. The summed E-state index contributed by atoms with van der Waals surface area (Å²) in [5.41, 5.74) is 8.12. The molecule has 1 atom stereocenters. The predicted octanol–water partition coefficient (Wildman–Crippen LogP) is 1.44. The number of likely N-dealkylation sites (tertiary alicyclic amines) is 1. The molecule has 1 unspecified atom stereocenters. The highest BCUT2D eigenvalue weighted by Crippen LogP contribution is 2.26. The van der Waals surface area contributed by atoms with Crippen LogP contribution < -0.4 is 10.6 Å². The maximum absolute atomic E-state index is 11.5. The van der Waals surface area contributed by atoms with Crippen molar-refractivity contribution in [3.8, 4) is 0 Å². The lowest BCUT2D eigenvalue weighted by molar-refractivity contribution is 0.0601. The Hall–Kier alpha value is -1.75. The molecule has 110 valence electrons. The Morgan fingerprint density at radius 2 is 2.30 bits per heavy atom. The summed E-state index contributed by atoms with van der Waals surface area (Å²) in [5.74, 6) is 0.313. The molecule has 0 aromatic heterocycles. The number of benzene rings is 1. The van der Waals surface area contributed by atoms with Crippen molar-refractivity contribution in [2.24, 2.45) is 5.92 Å². The van der Waals surface area contributed by atoms with Crippen molar-refractivity contribution in [3.05, 3.63) is 23.8 Å². The summed E-state index contributed by atoms with van der Waals surface area (Å²) in [5, 5.41) is 0. The van der Waals surface area contributed by atoms with E-state index in [1.165, 1.54) is 13.5 Å². The Bertz CT molecular complexity index is 490. The van der Waals surface area contributed by atoms with Gasteiger partial charge in [-0.05, 0) is 44.1 Å². The van der Waals surface area contributed by atoms with E-state index in [1.54, 1.807) is 12.1 Å². The third-order valence-corrected chi connectivity index (χ3v) is 3.88. The second-order valence-electron chi connectivity index (χ2n) is 5.56. The normalized spacial score (nSPS) is 19.1. The number of nitrogens with zero attached hydrogens (tertiary/aromatic N) is 2. The second kappa shape index (κ2) is 6.13. The molecule has 1 fully saturated rings. The molecule has 1 aliphatic rings. The molecule has 0 bridgehead atoms. The van der Waals surface area contributed by atoms with Gasteiger partial charge < -0.3 is 20.3 Å². The van der Waals surface area contributed by atoms with Crippen molar-refractivity contribution in [2.45, 2.75) is 6.42 Å². The van der Waals surface area contributed by atoms with Crippen LogP contribution in [0.4, 0.5) is 11.4 Å². The van der Waals surface area contributed by atoms with Crippen molar-refractivity contribution in [1.82, 2.24) is 4.90 Å². The Labute approximate surface area is 120 Å². The molecule has 0 amide bonds. The van der Waals surface area contributed by atoms with E-state index in [2.05, 4.69) is 16.8 Å². The van der Waals surface area contributed by atoms with Gasteiger partial charge in [-0.25, -0.2) is 4.79 Å². The zero-order valence-electron chi connectivity index (χ0n) is 12.4. The van der Waals surface area contributed by atoms with E-state index in [9.17, 15) is 4.79 Å². The monoisotopic (exact) mass is 277 g/mol. The zero-order chi connectivity index (χ0) is 14.7. The van der Waals surface area contributed by atoms with Crippen LogP contribution in [0, 0.1) is 5.92 Å². The first-order chi connectivity index (χ1) is 9.51. The molecular formula is C15H23N3O2. The van der Waals surface area contributed by atoms with Crippen LogP contribution in [0.25, 0.3) is 0 Å². The summed E-state index contributed by atoms with van der Waals surface area (Å²) >= 11 is 0. The van der Waals surface area contributed by atoms with Gasteiger partial charge in [-0.15, -0.1) is 0 Å². The minimum atomic E-state index is -0.358. The SMILES string of the molecule is COC(=O)c1ccc(N(C)CC2CCN(C)C2)c(N)c1. The van der Waals surface area contributed by atoms with Crippen LogP contribution in [0.15, 0.2) is 18.2 Å². The summed E-state index contributed by atoms with van der Waals surface area (Å²) in [6.45, 7) is 3.27. The fourth-order valence-corrected chi connectivity index (χ4v) is 2.81. The summed E-state index contributed by atoms with van der Waals surface area (Å²) in [6, 6.07) is 5.33. The average molecular weight is 277 g/mol. The summed E-state index contributed by atoms with van der Waals surface area (Å²) in [7, 11) is 5.57. The summed E-state index contributed by atoms with van der Waals surface area (Å²) in [6.07, 6.45) is 1.22. The number of carbonyl (C=O) groups is 1. The number of rotatable bonds is 4. The minimum absolute atomic E-state index is 0.358. The van der Waals surface area contributed by atoms with E-state index in [1.807, 2.05) is 13.1 Å². The molecule has 0 saturated carbocycles. The van der Waals surface area contributed by atoms with Gasteiger partial charge in [0.1, 0.15) is 0 Å². The minimum Gasteiger partial charge on any atom is -0.465 e. The van der Waals surface area contributed by atoms with Gasteiger partial charge in [-0.1, -0.05) is 0 Å². The van der Waals surface area contributed by atoms with E-state index < -0.39 is 0 Å². The third-order valence-electron chi connectivity index (χ3n) is 3.88. The number of nitrogen functional groups attached to an aromatic ring is 1. The van der Waals surface area contributed by atoms with Gasteiger partial charge >= 0.3 is 5.97 Å². The maximum atomic E-state index is 11.5. The molecule has 5 heteroatoms. The van der Waals surface area contributed by atoms with Crippen LogP contribution >= 0.6 is 0 Å². The summed E-state index contributed by atoms with van der Waals surface area (Å²) < 4.78 is 4.70. The lowest BCUT2D eigenvalue weighted by Crippen LogP contribution is -2.27. The molecule has 2 rings (SSSR count). The molecule has 0 aliphatic carbocycles. The van der Waals surface area contributed by atoms with Crippen LogP contribution in [0.5, 0.6) is 0 Å². The van der Waals surface area contributed by atoms with Crippen molar-refractivity contribution in [2.75, 3.05) is 51.5 Å². The second-order valence-corrected chi connectivity index (χ2v) is 5.56. The van der Waals surface area contributed by atoms with Crippen LogP contribution in [0.3, 0.4) is 0 Å². The van der Waals surface area contributed by atoms with Gasteiger partial charge in [0.2, 0.25) is 0 Å². The van der Waals surface area contributed by atoms with Gasteiger partial charge in [0, 0.05) is 20.1 Å². The Balaban J connectivity index is 2.06. The number of carbonyl (C=O) groups excluding carboxylic acids is 1. The first kappa shape index (κ1) is 14.7. The largest absolute Gasteiger partial charge is 0.465 e. The number of ether oxygens (including phenoxy) is 1. The number of anilines is 2. The fourth-order valence-electron chi connectivity index (χ4n) is 2.81. The highest BCUT2D eigenvalue weighted by atomic mass is 16.5. The third kappa shape index (κ3) is 3.22. The van der Waals surface area contributed by atoms with Crippen LogP contribution in [-0.4, -0.2) is 51.7 Å². The van der Waals surface area contributed by atoms with E-state index >= 15 is 0 Å². The molecule has 2 N–H and O–H groups in total. The van der Waals surface area contributed by atoms with E-state index in [0.717, 1.165) is 25.3 Å². The number of esters is 1. The highest BCUT2D eigenvalue weighted by Gasteiger charge is 2.21. The van der Waals surface area contributed by atoms with Gasteiger partial charge in [0.25, 0.3) is 0 Å². The van der Waals surface area contributed by atoms with Crippen LogP contribution in [0.1, 0.15) is 16.8 Å². The number of hydrogen-bond acceptors (Lipinski definition) is 5. The highest BCUT2D eigenvalue weighted by molar-refractivity contribution is 5.91. The molecule has 1 aromatic carbocycles. The number of nitrogens with two attached hydrogens (primary N) is 1. The van der Waals surface area contributed by atoms with Crippen molar-refractivity contribution in [3.63, 3.8) is 0 Å². The molecule has 1 aromatic rings. The Morgan fingerprint density at radius 3 is 2.85 bits per heavy atom. The summed E-state index contributed by atoms with van der Waals surface area (Å²) in [4.78, 5) is 16.0. The number of methoxy groups -OCH3 is 1.